The fraction of sp³-hybridized carbons (Fsp3) is 0.333. The number of alkyl halides is 5. The molecule has 1 aromatic rings. The quantitative estimate of drug-likeness (QED) is 0.810. The van der Waals surface area contributed by atoms with Gasteiger partial charge in [-0.2, -0.15) is 22.0 Å². The van der Waals surface area contributed by atoms with Crippen LogP contribution < -0.4 is 0 Å². The second-order valence-corrected chi connectivity index (χ2v) is 4.10. The molecule has 17 heavy (non-hydrogen) atoms. The van der Waals surface area contributed by atoms with Gasteiger partial charge in [0.05, 0.1) is 0 Å². The van der Waals surface area contributed by atoms with Crippen LogP contribution in [0.5, 0.6) is 0 Å². The Labute approximate surface area is 103 Å². The van der Waals surface area contributed by atoms with Gasteiger partial charge in [0.2, 0.25) is 0 Å². The van der Waals surface area contributed by atoms with Gasteiger partial charge in [-0.3, -0.25) is 0 Å². The summed E-state index contributed by atoms with van der Waals surface area (Å²) in [5.41, 5.74) is -0.704. The van der Waals surface area contributed by atoms with E-state index in [1.165, 1.54) is 0 Å². The first-order chi connectivity index (χ1) is 7.55. The van der Waals surface area contributed by atoms with Gasteiger partial charge in [0.1, 0.15) is 0 Å². The van der Waals surface area contributed by atoms with Crippen molar-refractivity contribution in [2.24, 2.45) is 0 Å². The zero-order valence-corrected chi connectivity index (χ0v) is 9.41. The van der Waals surface area contributed by atoms with E-state index >= 15 is 0 Å². The summed E-state index contributed by atoms with van der Waals surface area (Å²) in [5, 5.41) is 8.75. The van der Waals surface area contributed by atoms with Crippen LogP contribution in [0.4, 0.5) is 22.0 Å². The molecule has 0 aromatic heterocycles. The number of aliphatic hydroxyl groups excluding tert-OH is 1. The lowest BCUT2D eigenvalue weighted by Gasteiger charge is -2.25. The lowest BCUT2D eigenvalue weighted by atomic mass is 10.0. The van der Waals surface area contributed by atoms with E-state index in [0.29, 0.717) is 0 Å². The molecule has 96 valence electrons. The summed E-state index contributed by atoms with van der Waals surface area (Å²) in [5.74, 6) is -5.28. The highest BCUT2D eigenvalue weighted by atomic mass is 35.5. The molecule has 0 radical (unpaired) electrons. The molecule has 0 spiro atoms. The summed E-state index contributed by atoms with van der Waals surface area (Å²) in [6.07, 6.45) is -8.92. The summed E-state index contributed by atoms with van der Waals surface area (Å²) >= 11 is 10.9. The van der Waals surface area contributed by atoms with Crippen molar-refractivity contribution < 1.29 is 27.1 Å². The van der Waals surface area contributed by atoms with E-state index in [0.717, 1.165) is 18.2 Å². The highest BCUT2D eigenvalue weighted by Gasteiger charge is 2.62. The summed E-state index contributed by atoms with van der Waals surface area (Å²) in [4.78, 5) is 0. The van der Waals surface area contributed by atoms with Crippen LogP contribution in [-0.4, -0.2) is 17.2 Å². The van der Waals surface area contributed by atoms with Gasteiger partial charge < -0.3 is 5.11 Å². The Kier molecular flexibility index (Phi) is 3.91. The number of hydrogen-bond donors (Lipinski definition) is 1. The number of aliphatic hydroxyl groups is 1. The zero-order chi connectivity index (χ0) is 13.4. The van der Waals surface area contributed by atoms with E-state index < -0.39 is 23.8 Å². The Morgan fingerprint density at radius 2 is 1.35 bits per heavy atom. The minimum atomic E-state index is -5.86. The molecule has 0 aliphatic rings. The molecule has 0 aliphatic carbocycles. The first kappa shape index (κ1) is 14.5. The molecule has 0 bridgehead atoms. The molecule has 1 nitrogen and oxygen atoms in total. The third kappa shape index (κ3) is 3.00. The molecule has 0 saturated carbocycles. The fourth-order valence-corrected chi connectivity index (χ4v) is 1.64. The maximum Gasteiger partial charge on any atom is 0.456 e. The van der Waals surface area contributed by atoms with E-state index in [1.54, 1.807) is 0 Å². The third-order valence-corrected chi connectivity index (χ3v) is 2.36. The van der Waals surface area contributed by atoms with Crippen LogP contribution in [0.15, 0.2) is 18.2 Å². The monoisotopic (exact) mass is 294 g/mol. The van der Waals surface area contributed by atoms with Crippen LogP contribution in [0.2, 0.25) is 10.0 Å². The van der Waals surface area contributed by atoms with Gasteiger partial charge >= 0.3 is 12.1 Å². The van der Waals surface area contributed by atoms with Gasteiger partial charge in [-0.1, -0.05) is 23.2 Å². The Morgan fingerprint density at radius 1 is 0.941 bits per heavy atom. The van der Waals surface area contributed by atoms with Gasteiger partial charge in [0.15, 0.2) is 6.10 Å². The molecule has 0 aliphatic heterocycles. The van der Waals surface area contributed by atoms with E-state index in [9.17, 15) is 22.0 Å². The maximum absolute atomic E-state index is 12.8. The molecule has 0 heterocycles. The smallest absolute Gasteiger partial charge is 0.382 e. The molecule has 8 heteroatoms. The zero-order valence-electron chi connectivity index (χ0n) is 7.90. The molecule has 0 unspecified atom stereocenters. The van der Waals surface area contributed by atoms with Gasteiger partial charge in [-0.05, 0) is 23.8 Å². The number of hydrogen-bond acceptors (Lipinski definition) is 1. The summed E-state index contributed by atoms with van der Waals surface area (Å²) < 4.78 is 61.6. The third-order valence-electron chi connectivity index (χ3n) is 1.92. The van der Waals surface area contributed by atoms with Crippen LogP contribution in [0.1, 0.15) is 11.7 Å². The standard InChI is InChI=1S/C9H5Cl2F5O/c10-5-1-4(2-6(11)3-5)7(17)8(12,13)9(14,15)16/h1-3,7,17H/t7-/m0/s1. The Morgan fingerprint density at radius 3 is 1.71 bits per heavy atom. The molecular weight excluding hydrogens is 290 g/mol. The molecular formula is C9H5Cl2F5O. The largest absolute Gasteiger partial charge is 0.456 e. The van der Waals surface area contributed by atoms with Crippen molar-refractivity contribution in [1.82, 2.24) is 0 Å². The van der Waals surface area contributed by atoms with E-state index in [4.69, 9.17) is 28.3 Å². The molecule has 1 atom stereocenters. The lowest BCUT2D eigenvalue weighted by Crippen LogP contribution is -2.42. The van der Waals surface area contributed by atoms with Crippen LogP contribution in [0, 0.1) is 0 Å². The van der Waals surface area contributed by atoms with Crippen LogP contribution in [0.3, 0.4) is 0 Å². The van der Waals surface area contributed by atoms with Crippen molar-refractivity contribution in [3.63, 3.8) is 0 Å². The second-order valence-electron chi connectivity index (χ2n) is 3.23. The number of halogens is 7. The summed E-state index contributed by atoms with van der Waals surface area (Å²) in [7, 11) is 0. The van der Waals surface area contributed by atoms with Gasteiger partial charge in [0.25, 0.3) is 0 Å². The van der Waals surface area contributed by atoms with E-state index in [-0.39, 0.29) is 10.0 Å². The van der Waals surface area contributed by atoms with E-state index in [2.05, 4.69) is 0 Å². The minimum Gasteiger partial charge on any atom is -0.382 e. The first-order valence-electron chi connectivity index (χ1n) is 4.14. The Bertz CT molecular complexity index is 398. The molecule has 0 fully saturated rings. The predicted octanol–water partition coefficient (Wildman–Crippen LogP) is 4.22. The van der Waals surface area contributed by atoms with E-state index in [1.807, 2.05) is 0 Å². The molecule has 0 amide bonds. The average molecular weight is 295 g/mol. The van der Waals surface area contributed by atoms with Gasteiger partial charge in [-0.15, -0.1) is 0 Å². The van der Waals surface area contributed by atoms with Crippen molar-refractivity contribution in [2.45, 2.75) is 18.2 Å². The number of benzene rings is 1. The van der Waals surface area contributed by atoms with Gasteiger partial charge in [0, 0.05) is 10.0 Å². The number of rotatable bonds is 2. The normalized spacial score (nSPS) is 14.8. The highest BCUT2D eigenvalue weighted by Crippen LogP contribution is 2.45. The van der Waals surface area contributed by atoms with Crippen LogP contribution in [0.25, 0.3) is 0 Å². The lowest BCUT2D eigenvalue weighted by molar-refractivity contribution is -0.315. The van der Waals surface area contributed by atoms with Crippen molar-refractivity contribution >= 4 is 23.2 Å². The summed E-state index contributed by atoms with van der Waals surface area (Å²) in [6.45, 7) is 0. The molecule has 0 saturated heterocycles. The second kappa shape index (κ2) is 4.59. The van der Waals surface area contributed by atoms with Crippen LogP contribution in [-0.2, 0) is 0 Å². The molecule has 1 rings (SSSR count). The van der Waals surface area contributed by atoms with Crippen molar-refractivity contribution in [1.29, 1.82) is 0 Å². The Balaban J connectivity index is 3.16. The summed E-state index contributed by atoms with van der Waals surface area (Å²) in [6, 6.07) is 2.72. The molecule has 1 aromatic carbocycles. The van der Waals surface area contributed by atoms with Crippen LogP contribution >= 0.6 is 23.2 Å². The first-order valence-corrected chi connectivity index (χ1v) is 4.90. The SMILES string of the molecule is O[C@@H](c1cc(Cl)cc(Cl)c1)C(F)(F)C(F)(F)F. The van der Waals surface area contributed by atoms with Crippen molar-refractivity contribution in [3.05, 3.63) is 33.8 Å². The van der Waals surface area contributed by atoms with Gasteiger partial charge in [-0.25, -0.2) is 0 Å². The highest BCUT2D eigenvalue weighted by molar-refractivity contribution is 6.34. The topological polar surface area (TPSA) is 20.2 Å². The molecule has 1 N–H and O–H groups in total. The minimum absolute atomic E-state index is 0.149. The van der Waals surface area contributed by atoms with Crippen molar-refractivity contribution in [3.8, 4) is 0 Å². The Hall–Kier alpha value is -0.590. The maximum atomic E-state index is 12.8. The van der Waals surface area contributed by atoms with Crippen molar-refractivity contribution in [2.75, 3.05) is 0 Å². The average Bonchev–Trinajstić information content (AvgIpc) is 2.13. The fourth-order valence-electron chi connectivity index (χ4n) is 1.10. The predicted molar refractivity (Wildman–Crippen MR) is 52.4 cm³/mol.